The van der Waals surface area contributed by atoms with E-state index in [0.717, 1.165) is 54.0 Å². The van der Waals surface area contributed by atoms with E-state index < -0.39 is 5.92 Å². The maximum absolute atomic E-state index is 13.7. The molecule has 4 aliphatic heterocycles. The molecule has 10 heteroatoms. The number of alkyl halides is 2. The quantitative estimate of drug-likeness (QED) is 0.407. The molecule has 0 bridgehead atoms. The molecule has 2 aromatic heterocycles. The highest BCUT2D eigenvalue weighted by Crippen LogP contribution is 2.39. The highest BCUT2D eigenvalue weighted by molar-refractivity contribution is 5.89. The van der Waals surface area contributed by atoms with Crippen molar-refractivity contribution < 1.29 is 8.78 Å². The van der Waals surface area contributed by atoms with Crippen molar-refractivity contribution in [2.24, 2.45) is 5.92 Å². The Morgan fingerprint density at radius 3 is 2.79 bits per heavy atom. The molecule has 0 amide bonds. The van der Waals surface area contributed by atoms with E-state index in [1.807, 2.05) is 11.1 Å². The molecule has 0 aliphatic carbocycles. The van der Waals surface area contributed by atoms with Gasteiger partial charge in [0.25, 0.3) is 5.92 Å². The summed E-state index contributed by atoms with van der Waals surface area (Å²) in [5, 5.41) is 3.68. The predicted octanol–water partition coefficient (Wildman–Crippen LogP) is 3.66. The van der Waals surface area contributed by atoms with Crippen molar-refractivity contribution in [1.82, 2.24) is 36.0 Å². The van der Waals surface area contributed by atoms with Crippen molar-refractivity contribution in [2.75, 3.05) is 37.6 Å². The maximum Gasteiger partial charge on any atom is 0.261 e. The number of aromatic nitrogens is 3. The van der Waals surface area contributed by atoms with Gasteiger partial charge in [-0.15, -0.1) is 0 Å². The number of aromatic amines is 1. The highest BCUT2D eigenvalue weighted by Gasteiger charge is 2.43. The number of nitrogens with zero attached hydrogens (tertiary/aromatic N) is 4. The number of rotatable bonds is 5. The summed E-state index contributed by atoms with van der Waals surface area (Å²) in [6.45, 7) is 3.79. The first kappa shape index (κ1) is 24.4. The normalized spacial score (nSPS) is 29.7. The van der Waals surface area contributed by atoms with Crippen molar-refractivity contribution in [3.63, 3.8) is 0 Å². The van der Waals surface area contributed by atoms with Crippen LogP contribution in [0, 0.1) is 5.92 Å². The summed E-state index contributed by atoms with van der Waals surface area (Å²) < 4.78 is 27.3. The molecule has 4 fully saturated rings. The topological polar surface area (TPSA) is 84.1 Å². The van der Waals surface area contributed by atoms with Crippen molar-refractivity contribution in [1.29, 1.82) is 0 Å². The molecule has 3 aromatic rings. The third-order valence-corrected chi connectivity index (χ3v) is 8.84. The van der Waals surface area contributed by atoms with E-state index in [2.05, 4.69) is 55.3 Å². The number of benzene rings is 1. The summed E-state index contributed by atoms with van der Waals surface area (Å²) in [6.07, 6.45) is 8.37. The minimum atomic E-state index is -2.58. The molecule has 0 spiro atoms. The third kappa shape index (κ3) is 4.68. The molecular weight excluding hydrogens is 486 g/mol. The van der Waals surface area contributed by atoms with E-state index in [4.69, 9.17) is 4.98 Å². The molecule has 38 heavy (non-hydrogen) atoms. The molecular formula is C28H36F2N8. The number of pyridine rings is 1. The Hall–Kier alpha value is -2.66. The molecule has 1 aromatic carbocycles. The average Bonchev–Trinajstić information content (AvgIpc) is 3.64. The zero-order chi connectivity index (χ0) is 25.7. The fraction of sp³-hybridized carbons (Fsp3) is 0.571. The van der Waals surface area contributed by atoms with Gasteiger partial charge in [0.05, 0.1) is 23.8 Å². The SMILES string of the molecule is FC1(F)CCN(Cc2cncc(C3CC4C(CN3)NNC4c3nc4c(N5CCCCC5)cccc4[nH]3)c2)C1. The van der Waals surface area contributed by atoms with E-state index in [0.29, 0.717) is 25.0 Å². The number of hydrogen-bond donors (Lipinski definition) is 4. The van der Waals surface area contributed by atoms with Crippen LogP contribution in [0.4, 0.5) is 14.5 Å². The summed E-state index contributed by atoms with van der Waals surface area (Å²) in [7, 11) is 0. The number of halogens is 2. The third-order valence-electron chi connectivity index (χ3n) is 8.84. The van der Waals surface area contributed by atoms with Crippen LogP contribution in [0.2, 0.25) is 0 Å². The van der Waals surface area contributed by atoms with Crippen LogP contribution in [0.15, 0.2) is 36.7 Å². The van der Waals surface area contributed by atoms with Crippen LogP contribution < -0.4 is 21.1 Å². The summed E-state index contributed by atoms with van der Waals surface area (Å²) in [4.78, 5) is 17.5. The number of hydrogen-bond acceptors (Lipinski definition) is 7. The van der Waals surface area contributed by atoms with Crippen LogP contribution in [0.3, 0.4) is 0 Å². The molecule has 4 N–H and O–H groups in total. The van der Waals surface area contributed by atoms with Gasteiger partial charge in [-0.2, -0.15) is 0 Å². The predicted molar refractivity (Wildman–Crippen MR) is 143 cm³/mol. The van der Waals surface area contributed by atoms with Crippen molar-refractivity contribution in [3.05, 3.63) is 53.6 Å². The number of piperidine rings is 2. The zero-order valence-electron chi connectivity index (χ0n) is 21.6. The Kier molecular flexibility index (Phi) is 6.30. The summed E-state index contributed by atoms with van der Waals surface area (Å²) in [6, 6.07) is 9.12. The van der Waals surface area contributed by atoms with E-state index in [1.54, 1.807) is 6.20 Å². The van der Waals surface area contributed by atoms with Crippen LogP contribution in [0.25, 0.3) is 11.0 Å². The van der Waals surface area contributed by atoms with Gasteiger partial charge < -0.3 is 15.2 Å². The van der Waals surface area contributed by atoms with Crippen molar-refractivity contribution in [3.8, 4) is 0 Å². The van der Waals surface area contributed by atoms with Crippen LogP contribution in [-0.2, 0) is 6.54 Å². The monoisotopic (exact) mass is 522 g/mol. The maximum atomic E-state index is 13.7. The van der Waals surface area contributed by atoms with Gasteiger partial charge in [-0.05, 0) is 55.0 Å². The van der Waals surface area contributed by atoms with Crippen LogP contribution in [-0.4, -0.2) is 64.5 Å². The van der Waals surface area contributed by atoms with E-state index >= 15 is 0 Å². The Bertz CT molecular complexity index is 1290. The molecule has 202 valence electrons. The smallest absolute Gasteiger partial charge is 0.261 e. The second kappa shape index (κ2) is 9.82. The van der Waals surface area contributed by atoms with Gasteiger partial charge in [-0.3, -0.25) is 15.3 Å². The number of para-hydroxylation sites is 1. The fourth-order valence-corrected chi connectivity index (χ4v) is 6.85. The number of likely N-dealkylation sites (tertiary alicyclic amines) is 1. The lowest BCUT2D eigenvalue weighted by atomic mass is 9.82. The lowest BCUT2D eigenvalue weighted by molar-refractivity contribution is 0.0115. The number of nitrogens with one attached hydrogen (secondary N) is 4. The largest absolute Gasteiger partial charge is 0.370 e. The second-order valence-corrected chi connectivity index (χ2v) is 11.5. The fourth-order valence-electron chi connectivity index (χ4n) is 6.85. The van der Waals surface area contributed by atoms with E-state index in [-0.39, 0.29) is 25.0 Å². The lowest BCUT2D eigenvalue weighted by Gasteiger charge is -2.34. The van der Waals surface area contributed by atoms with E-state index in [1.165, 1.54) is 24.9 Å². The molecule has 6 heterocycles. The van der Waals surface area contributed by atoms with Crippen molar-refractivity contribution in [2.45, 2.75) is 62.7 Å². The average molecular weight is 523 g/mol. The minimum absolute atomic E-state index is 0.0595. The van der Waals surface area contributed by atoms with Crippen molar-refractivity contribution >= 4 is 16.7 Å². The Balaban J connectivity index is 1.09. The van der Waals surface area contributed by atoms with Crippen LogP contribution >= 0.6 is 0 Å². The van der Waals surface area contributed by atoms with Crippen LogP contribution in [0.5, 0.6) is 0 Å². The Morgan fingerprint density at radius 1 is 1.05 bits per heavy atom. The summed E-state index contributed by atoms with van der Waals surface area (Å²) >= 11 is 0. The van der Waals surface area contributed by atoms with Gasteiger partial charge in [-0.25, -0.2) is 19.2 Å². The van der Waals surface area contributed by atoms with Gasteiger partial charge >= 0.3 is 0 Å². The minimum Gasteiger partial charge on any atom is -0.370 e. The van der Waals surface area contributed by atoms with Gasteiger partial charge in [0.1, 0.15) is 11.3 Å². The molecule has 8 nitrogen and oxygen atoms in total. The Morgan fingerprint density at radius 2 is 1.95 bits per heavy atom. The first-order valence-corrected chi connectivity index (χ1v) is 14.0. The lowest BCUT2D eigenvalue weighted by Crippen LogP contribution is -2.46. The Labute approximate surface area is 221 Å². The highest BCUT2D eigenvalue weighted by atomic mass is 19.3. The van der Waals surface area contributed by atoms with Gasteiger partial charge in [-0.1, -0.05) is 6.07 Å². The van der Waals surface area contributed by atoms with Crippen LogP contribution in [0.1, 0.15) is 61.1 Å². The number of fused-ring (bicyclic) bond motifs is 2. The summed E-state index contributed by atoms with van der Waals surface area (Å²) in [5.74, 6) is -1.25. The summed E-state index contributed by atoms with van der Waals surface area (Å²) in [5.41, 5.74) is 12.5. The van der Waals surface area contributed by atoms with Gasteiger partial charge in [0, 0.05) is 69.5 Å². The van der Waals surface area contributed by atoms with E-state index in [9.17, 15) is 8.78 Å². The molecule has 7 rings (SSSR count). The second-order valence-electron chi connectivity index (χ2n) is 11.5. The number of hydrazine groups is 1. The standard InChI is InChI=1S/C28H36F2N8/c29-28(30)7-10-37(17-28)16-18-11-19(14-31-13-18)22-12-20-23(15-32-22)35-36-25(20)27-33-21-5-4-6-24(26(21)34-27)38-8-2-1-3-9-38/h4-6,11,13-14,20,22-23,25,32,35-36H,1-3,7-10,12,15-17H2,(H,33,34). The molecule has 4 saturated heterocycles. The molecule has 0 saturated carbocycles. The molecule has 4 unspecified atom stereocenters. The van der Waals surface area contributed by atoms with Gasteiger partial charge in [0.15, 0.2) is 0 Å². The number of imidazole rings is 1. The molecule has 0 radical (unpaired) electrons. The molecule has 4 atom stereocenters. The first-order valence-electron chi connectivity index (χ1n) is 14.0. The number of H-pyrrole nitrogens is 1. The first-order chi connectivity index (χ1) is 18.5. The number of anilines is 1. The molecule has 4 aliphatic rings. The zero-order valence-corrected chi connectivity index (χ0v) is 21.6. The van der Waals surface area contributed by atoms with Gasteiger partial charge in [0.2, 0.25) is 0 Å².